The highest BCUT2D eigenvalue weighted by atomic mass is 16.1. The quantitative estimate of drug-likeness (QED) is 0.501. The summed E-state index contributed by atoms with van der Waals surface area (Å²) in [7, 11) is 0. The molecule has 0 heterocycles. The SMILES string of the molecule is O=CC1=C/CC\C=C/C=C\1. The fraction of sp³-hybridized carbons (Fsp3) is 0.222. The third kappa shape index (κ3) is 2.02. The molecule has 0 N–H and O–H groups in total. The van der Waals surface area contributed by atoms with Gasteiger partial charge in [-0.05, 0) is 12.8 Å². The predicted octanol–water partition coefficient (Wildman–Crippen LogP) is 2.02. The minimum absolute atomic E-state index is 0.782. The normalized spacial score (nSPS) is 29.0. The van der Waals surface area contributed by atoms with Crippen molar-refractivity contribution in [2.75, 3.05) is 0 Å². The van der Waals surface area contributed by atoms with E-state index in [1.807, 2.05) is 24.3 Å². The van der Waals surface area contributed by atoms with Crippen molar-refractivity contribution in [2.45, 2.75) is 12.8 Å². The van der Waals surface area contributed by atoms with Crippen LogP contribution in [0.1, 0.15) is 12.8 Å². The minimum atomic E-state index is 0.782. The third-order valence-electron chi connectivity index (χ3n) is 1.39. The van der Waals surface area contributed by atoms with Gasteiger partial charge in [-0.2, -0.15) is 0 Å². The van der Waals surface area contributed by atoms with E-state index in [-0.39, 0.29) is 0 Å². The molecular weight excluding hydrogens is 124 g/mol. The zero-order chi connectivity index (χ0) is 7.23. The van der Waals surface area contributed by atoms with Crippen LogP contribution in [0, 0.1) is 0 Å². The molecule has 0 amide bonds. The Kier molecular flexibility index (Phi) is 2.68. The molecule has 52 valence electrons. The van der Waals surface area contributed by atoms with Crippen LogP contribution in [-0.2, 0) is 4.79 Å². The number of aldehydes is 1. The Hall–Kier alpha value is -1.11. The first-order valence-electron chi connectivity index (χ1n) is 3.42. The maximum absolute atomic E-state index is 10.3. The Morgan fingerprint density at radius 3 is 3.00 bits per heavy atom. The van der Waals surface area contributed by atoms with Gasteiger partial charge >= 0.3 is 0 Å². The summed E-state index contributed by atoms with van der Waals surface area (Å²) in [5.74, 6) is 0. The average molecular weight is 134 g/mol. The molecule has 1 nitrogen and oxygen atoms in total. The summed E-state index contributed by atoms with van der Waals surface area (Å²) in [5, 5.41) is 0. The number of hydrogen-bond donors (Lipinski definition) is 0. The Bertz CT molecular complexity index is 197. The van der Waals surface area contributed by atoms with E-state index in [0.717, 1.165) is 24.7 Å². The van der Waals surface area contributed by atoms with E-state index in [4.69, 9.17) is 0 Å². The van der Waals surface area contributed by atoms with E-state index in [2.05, 4.69) is 6.08 Å². The summed E-state index contributed by atoms with van der Waals surface area (Å²) in [4.78, 5) is 10.3. The van der Waals surface area contributed by atoms with Crippen molar-refractivity contribution in [2.24, 2.45) is 0 Å². The van der Waals surface area contributed by atoms with Crippen LogP contribution in [0.4, 0.5) is 0 Å². The first-order chi connectivity index (χ1) is 4.93. The van der Waals surface area contributed by atoms with Crippen molar-refractivity contribution in [3.63, 3.8) is 0 Å². The standard InChI is InChI=1S/C9H10O/c10-8-9-6-4-2-1-3-5-7-9/h1-2,4,6-8H,3,5H2/b2-1-,6-4-,9-7+. The van der Waals surface area contributed by atoms with E-state index >= 15 is 0 Å². The molecule has 0 aromatic carbocycles. The minimum Gasteiger partial charge on any atom is -0.298 e. The second kappa shape index (κ2) is 3.83. The van der Waals surface area contributed by atoms with Gasteiger partial charge in [0.05, 0.1) is 0 Å². The second-order valence-electron chi connectivity index (χ2n) is 2.19. The summed E-state index contributed by atoms with van der Waals surface area (Å²) in [5.41, 5.74) is 0.782. The van der Waals surface area contributed by atoms with E-state index < -0.39 is 0 Å². The summed E-state index contributed by atoms with van der Waals surface area (Å²) in [6, 6.07) is 0. The van der Waals surface area contributed by atoms with Crippen molar-refractivity contribution >= 4 is 6.29 Å². The number of allylic oxidation sites excluding steroid dienone is 6. The Labute approximate surface area is 60.7 Å². The lowest BCUT2D eigenvalue weighted by molar-refractivity contribution is -0.104. The van der Waals surface area contributed by atoms with Crippen molar-refractivity contribution in [3.8, 4) is 0 Å². The summed E-state index contributed by atoms with van der Waals surface area (Å²) < 4.78 is 0. The maximum atomic E-state index is 10.3. The number of carbonyl (C=O) groups is 1. The van der Waals surface area contributed by atoms with Crippen LogP contribution in [-0.4, -0.2) is 6.29 Å². The highest BCUT2D eigenvalue weighted by Gasteiger charge is 1.88. The molecule has 1 rings (SSSR count). The van der Waals surface area contributed by atoms with Crippen molar-refractivity contribution in [3.05, 3.63) is 36.0 Å². The van der Waals surface area contributed by atoms with Crippen LogP contribution in [0.5, 0.6) is 0 Å². The monoisotopic (exact) mass is 134 g/mol. The van der Waals surface area contributed by atoms with Crippen LogP contribution in [0.3, 0.4) is 0 Å². The van der Waals surface area contributed by atoms with Crippen LogP contribution >= 0.6 is 0 Å². The zero-order valence-electron chi connectivity index (χ0n) is 5.79. The van der Waals surface area contributed by atoms with E-state index in [9.17, 15) is 4.79 Å². The fourth-order valence-corrected chi connectivity index (χ4v) is 0.843. The highest BCUT2D eigenvalue weighted by Crippen LogP contribution is 2.03. The Morgan fingerprint density at radius 2 is 2.20 bits per heavy atom. The highest BCUT2D eigenvalue weighted by molar-refractivity contribution is 5.77. The molecule has 0 unspecified atom stereocenters. The van der Waals surface area contributed by atoms with Crippen LogP contribution in [0.2, 0.25) is 0 Å². The molecule has 1 aliphatic carbocycles. The average Bonchev–Trinajstić information content (AvgIpc) is 1.87. The van der Waals surface area contributed by atoms with Crippen molar-refractivity contribution in [1.82, 2.24) is 0 Å². The molecule has 0 bridgehead atoms. The molecule has 0 radical (unpaired) electrons. The van der Waals surface area contributed by atoms with Gasteiger partial charge < -0.3 is 0 Å². The number of hydrogen-bond acceptors (Lipinski definition) is 1. The van der Waals surface area contributed by atoms with Gasteiger partial charge in [0.15, 0.2) is 0 Å². The van der Waals surface area contributed by atoms with E-state index in [1.165, 1.54) is 0 Å². The first kappa shape index (κ1) is 7.00. The fourth-order valence-electron chi connectivity index (χ4n) is 0.843. The summed E-state index contributed by atoms with van der Waals surface area (Å²) in [6.45, 7) is 0. The largest absolute Gasteiger partial charge is 0.298 e. The zero-order valence-corrected chi connectivity index (χ0v) is 5.79. The van der Waals surface area contributed by atoms with Crippen molar-refractivity contribution in [1.29, 1.82) is 0 Å². The van der Waals surface area contributed by atoms with Gasteiger partial charge in [0.2, 0.25) is 0 Å². The number of carbonyl (C=O) groups excluding carboxylic acids is 1. The summed E-state index contributed by atoms with van der Waals surface area (Å²) in [6.07, 6.45) is 12.6. The van der Waals surface area contributed by atoms with E-state index in [0.29, 0.717) is 0 Å². The second-order valence-corrected chi connectivity index (χ2v) is 2.19. The van der Waals surface area contributed by atoms with Gasteiger partial charge in [0.1, 0.15) is 6.29 Å². The number of rotatable bonds is 1. The van der Waals surface area contributed by atoms with Gasteiger partial charge in [-0.25, -0.2) is 0 Å². The molecule has 0 aliphatic heterocycles. The van der Waals surface area contributed by atoms with Crippen LogP contribution in [0.15, 0.2) is 36.0 Å². The predicted molar refractivity (Wildman–Crippen MR) is 41.7 cm³/mol. The van der Waals surface area contributed by atoms with Gasteiger partial charge in [-0.15, -0.1) is 0 Å². The maximum Gasteiger partial charge on any atom is 0.149 e. The molecule has 10 heavy (non-hydrogen) atoms. The van der Waals surface area contributed by atoms with E-state index in [1.54, 1.807) is 0 Å². The molecule has 1 heteroatoms. The molecule has 0 atom stereocenters. The molecule has 0 fully saturated rings. The molecular formula is C9H10O. The first-order valence-corrected chi connectivity index (χ1v) is 3.42. The molecule has 0 spiro atoms. The molecule has 1 aliphatic rings. The lowest BCUT2D eigenvalue weighted by atomic mass is 10.1. The van der Waals surface area contributed by atoms with Gasteiger partial charge in [0, 0.05) is 5.57 Å². The van der Waals surface area contributed by atoms with Crippen molar-refractivity contribution < 1.29 is 4.79 Å². The molecule has 0 saturated heterocycles. The van der Waals surface area contributed by atoms with Gasteiger partial charge in [0.25, 0.3) is 0 Å². The van der Waals surface area contributed by atoms with Crippen LogP contribution < -0.4 is 0 Å². The molecule has 0 aromatic heterocycles. The lowest BCUT2D eigenvalue weighted by Gasteiger charge is -1.92. The van der Waals surface area contributed by atoms with Crippen LogP contribution in [0.25, 0.3) is 0 Å². The lowest BCUT2D eigenvalue weighted by Crippen LogP contribution is -1.80. The smallest absolute Gasteiger partial charge is 0.149 e. The molecule has 0 aromatic rings. The Morgan fingerprint density at radius 1 is 1.30 bits per heavy atom. The topological polar surface area (TPSA) is 17.1 Å². The summed E-state index contributed by atoms with van der Waals surface area (Å²) >= 11 is 0. The third-order valence-corrected chi connectivity index (χ3v) is 1.39. The Balaban J connectivity index is 2.71. The van der Waals surface area contributed by atoms with Gasteiger partial charge in [-0.3, -0.25) is 4.79 Å². The van der Waals surface area contributed by atoms with Gasteiger partial charge in [-0.1, -0.05) is 30.4 Å². The molecule has 0 saturated carbocycles.